The summed E-state index contributed by atoms with van der Waals surface area (Å²) >= 11 is 3.20. The Morgan fingerprint density at radius 3 is 3.17 bits per heavy atom. The van der Waals surface area contributed by atoms with E-state index in [1.54, 1.807) is 4.52 Å². The van der Waals surface area contributed by atoms with E-state index < -0.39 is 0 Å². The maximum Gasteiger partial charge on any atom is 0.218 e. The molecule has 12 heavy (non-hydrogen) atoms. The molecule has 0 amide bonds. The summed E-state index contributed by atoms with van der Waals surface area (Å²) in [6.07, 6.45) is 1.84. The summed E-state index contributed by atoms with van der Waals surface area (Å²) in [6.45, 7) is 0.529. The van der Waals surface area contributed by atoms with Crippen LogP contribution in [0.5, 0.6) is 0 Å². The average Bonchev–Trinajstić information content (AvgIpc) is 2.43. The maximum absolute atomic E-state index is 5.48. The zero-order valence-corrected chi connectivity index (χ0v) is 7.82. The fourth-order valence-electron chi connectivity index (χ4n) is 1.02. The summed E-state index contributed by atoms with van der Waals surface area (Å²) in [7, 11) is 0. The van der Waals surface area contributed by atoms with Gasteiger partial charge in [-0.1, -0.05) is 0 Å². The second-order valence-corrected chi connectivity index (χ2v) is 3.13. The van der Waals surface area contributed by atoms with E-state index in [1.807, 2.05) is 18.3 Å². The van der Waals surface area contributed by atoms with Crippen LogP contribution in [0.1, 0.15) is 5.56 Å². The molecule has 0 spiro atoms. The molecule has 4 nitrogen and oxygen atoms in total. The van der Waals surface area contributed by atoms with Gasteiger partial charge in [0.05, 0.1) is 0 Å². The molecule has 0 bridgehead atoms. The van der Waals surface area contributed by atoms with Gasteiger partial charge in [0.25, 0.3) is 0 Å². The highest BCUT2D eigenvalue weighted by Crippen LogP contribution is 2.08. The second kappa shape index (κ2) is 2.84. The lowest BCUT2D eigenvalue weighted by molar-refractivity contribution is 0.934. The van der Waals surface area contributed by atoms with Gasteiger partial charge in [0.2, 0.25) is 4.73 Å². The summed E-state index contributed by atoms with van der Waals surface area (Å²) in [5.74, 6) is 0. The molecule has 2 rings (SSSR count). The molecular formula is C7H7BrN4. The van der Waals surface area contributed by atoms with Crippen molar-refractivity contribution in [1.29, 1.82) is 0 Å². The molecule has 0 saturated heterocycles. The van der Waals surface area contributed by atoms with Crippen LogP contribution in [-0.2, 0) is 6.54 Å². The largest absolute Gasteiger partial charge is 0.326 e. The monoisotopic (exact) mass is 226 g/mol. The van der Waals surface area contributed by atoms with Crippen molar-refractivity contribution in [2.75, 3.05) is 0 Å². The number of hydrogen-bond acceptors (Lipinski definition) is 3. The van der Waals surface area contributed by atoms with Crippen molar-refractivity contribution in [3.8, 4) is 0 Å². The van der Waals surface area contributed by atoms with E-state index >= 15 is 0 Å². The Bertz CT molecular complexity index is 409. The van der Waals surface area contributed by atoms with E-state index in [1.165, 1.54) is 0 Å². The van der Waals surface area contributed by atoms with Crippen molar-refractivity contribution in [3.63, 3.8) is 0 Å². The Balaban J connectivity index is 2.66. The van der Waals surface area contributed by atoms with Gasteiger partial charge in [0, 0.05) is 12.7 Å². The third kappa shape index (κ3) is 1.21. The third-order valence-corrected chi connectivity index (χ3v) is 1.95. The van der Waals surface area contributed by atoms with Crippen molar-refractivity contribution >= 4 is 21.6 Å². The average molecular weight is 227 g/mol. The number of aromatic nitrogens is 3. The molecule has 0 aromatic carbocycles. The van der Waals surface area contributed by atoms with Gasteiger partial charge in [0.1, 0.15) is 0 Å². The van der Waals surface area contributed by atoms with Crippen molar-refractivity contribution < 1.29 is 0 Å². The minimum atomic E-state index is 0.529. The summed E-state index contributed by atoms with van der Waals surface area (Å²) < 4.78 is 2.29. The third-order valence-electron chi connectivity index (χ3n) is 1.61. The highest BCUT2D eigenvalue weighted by atomic mass is 79.9. The number of pyridine rings is 1. The van der Waals surface area contributed by atoms with Crippen LogP contribution in [-0.4, -0.2) is 14.6 Å². The van der Waals surface area contributed by atoms with Gasteiger partial charge in [-0.3, -0.25) is 0 Å². The predicted octanol–water partition coefficient (Wildman–Crippen LogP) is 0.951. The molecule has 2 aromatic heterocycles. The van der Waals surface area contributed by atoms with Gasteiger partial charge in [-0.2, -0.15) is 0 Å². The fraction of sp³-hybridized carbons (Fsp3) is 0.143. The molecule has 2 N–H and O–H groups in total. The van der Waals surface area contributed by atoms with Crippen LogP contribution in [0.3, 0.4) is 0 Å². The van der Waals surface area contributed by atoms with Crippen molar-refractivity contribution in [1.82, 2.24) is 14.6 Å². The molecule has 2 aromatic rings. The normalized spacial score (nSPS) is 10.8. The number of hydrogen-bond donors (Lipinski definition) is 1. The Kier molecular flexibility index (Phi) is 1.82. The molecule has 0 unspecified atom stereocenters. The first-order valence-corrected chi connectivity index (χ1v) is 4.30. The minimum Gasteiger partial charge on any atom is -0.326 e. The summed E-state index contributed by atoms with van der Waals surface area (Å²) in [5, 5.41) is 4.07. The van der Waals surface area contributed by atoms with Crippen LogP contribution >= 0.6 is 15.9 Å². The summed E-state index contributed by atoms with van der Waals surface area (Å²) in [5.41, 5.74) is 7.35. The lowest BCUT2D eigenvalue weighted by Gasteiger charge is -1.94. The van der Waals surface area contributed by atoms with E-state index in [4.69, 9.17) is 5.73 Å². The number of halogens is 1. The van der Waals surface area contributed by atoms with E-state index in [0.29, 0.717) is 11.3 Å². The Morgan fingerprint density at radius 2 is 2.42 bits per heavy atom. The molecule has 0 radical (unpaired) electrons. The first-order valence-electron chi connectivity index (χ1n) is 3.50. The topological polar surface area (TPSA) is 56.2 Å². The van der Waals surface area contributed by atoms with Crippen molar-refractivity contribution in [3.05, 3.63) is 28.6 Å². The zero-order chi connectivity index (χ0) is 8.55. The SMILES string of the molecule is NCc1ccn2nc(Br)nc2c1. The molecule has 2 heterocycles. The zero-order valence-electron chi connectivity index (χ0n) is 6.24. The number of nitrogens with zero attached hydrogens (tertiary/aromatic N) is 3. The molecule has 0 atom stereocenters. The summed E-state index contributed by atoms with van der Waals surface area (Å²) in [6, 6.07) is 3.84. The van der Waals surface area contributed by atoms with E-state index in [0.717, 1.165) is 11.2 Å². The van der Waals surface area contributed by atoms with Gasteiger partial charge in [-0.05, 0) is 33.6 Å². The standard InChI is InChI=1S/C7H7BrN4/c8-7-10-6-3-5(4-9)1-2-12(6)11-7/h1-3H,4,9H2. The van der Waals surface area contributed by atoms with Gasteiger partial charge in [-0.25, -0.2) is 9.50 Å². The van der Waals surface area contributed by atoms with Gasteiger partial charge in [0.15, 0.2) is 5.65 Å². The van der Waals surface area contributed by atoms with Gasteiger partial charge < -0.3 is 5.73 Å². The second-order valence-electron chi connectivity index (χ2n) is 2.42. The van der Waals surface area contributed by atoms with Crippen LogP contribution in [0.2, 0.25) is 0 Å². The highest BCUT2D eigenvalue weighted by Gasteiger charge is 1.99. The Labute approximate surface area is 77.5 Å². The van der Waals surface area contributed by atoms with Crippen molar-refractivity contribution in [2.24, 2.45) is 5.73 Å². The molecule has 5 heteroatoms. The van der Waals surface area contributed by atoms with Crippen LogP contribution in [0, 0.1) is 0 Å². The minimum absolute atomic E-state index is 0.529. The first-order chi connectivity index (χ1) is 5.79. The fourth-order valence-corrected chi connectivity index (χ4v) is 1.38. The number of rotatable bonds is 1. The molecular weight excluding hydrogens is 220 g/mol. The van der Waals surface area contributed by atoms with E-state index in [2.05, 4.69) is 26.0 Å². The molecule has 0 aliphatic carbocycles. The summed E-state index contributed by atoms with van der Waals surface area (Å²) in [4.78, 5) is 4.13. The van der Waals surface area contributed by atoms with Crippen LogP contribution < -0.4 is 5.73 Å². The highest BCUT2D eigenvalue weighted by molar-refractivity contribution is 9.10. The smallest absolute Gasteiger partial charge is 0.218 e. The number of nitrogens with two attached hydrogens (primary N) is 1. The van der Waals surface area contributed by atoms with Crippen LogP contribution in [0.15, 0.2) is 23.1 Å². The molecule has 0 aliphatic heterocycles. The first kappa shape index (κ1) is 7.70. The molecule has 0 fully saturated rings. The number of fused-ring (bicyclic) bond motifs is 1. The van der Waals surface area contributed by atoms with E-state index in [9.17, 15) is 0 Å². The molecule has 0 saturated carbocycles. The maximum atomic E-state index is 5.48. The van der Waals surface area contributed by atoms with Gasteiger partial charge >= 0.3 is 0 Å². The lowest BCUT2D eigenvalue weighted by atomic mass is 10.3. The molecule has 62 valence electrons. The Hall–Kier alpha value is -0.940. The predicted molar refractivity (Wildman–Crippen MR) is 48.6 cm³/mol. The van der Waals surface area contributed by atoms with Gasteiger partial charge in [-0.15, -0.1) is 5.10 Å². The van der Waals surface area contributed by atoms with E-state index in [-0.39, 0.29) is 0 Å². The Morgan fingerprint density at radius 1 is 1.58 bits per heavy atom. The van der Waals surface area contributed by atoms with Crippen LogP contribution in [0.4, 0.5) is 0 Å². The lowest BCUT2D eigenvalue weighted by Crippen LogP contribution is -1.97. The molecule has 0 aliphatic rings. The van der Waals surface area contributed by atoms with Crippen LogP contribution in [0.25, 0.3) is 5.65 Å². The van der Waals surface area contributed by atoms with Crippen molar-refractivity contribution in [2.45, 2.75) is 6.54 Å². The quantitative estimate of drug-likeness (QED) is 0.788.